The summed E-state index contributed by atoms with van der Waals surface area (Å²) in [4.78, 5) is 56.8. The molecule has 0 saturated heterocycles. The van der Waals surface area contributed by atoms with Crippen LogP contribution in [0, 0.1) is 34.5 Å². The third kappa shape index (κ3) is 17.4. The van der Waals surface area contributed by atoms with E-state index in [2.05, 4.69) is 43.2 Å². The van der Waals surface area contributed by atoms with Crippen LogP contribution < -0.4 is 42.5 Å². The van der Waals surface area contributed by atoms with E-state index in [4.69, 9.17) is 18.3 Å². The molecule has 98 heavy (non-hydrogen) atoms. The predicted molar refractivity (Wildman–Crippen MR) is 392 cm³/mol. The van der Waals surface area contributed by atoms with Gasteiger partial charge in [-0.3, -0.25) is 9.59 Å². The molecule has 10 aromatic rings. The molecule has 18 heteroatoms. The first-order valence-electron chi connectivity index (χ1n) is 33.2. The molecule has 0 saturated carbocycles. The summed E-state index contributed by atoms with van der Waals surface area (Å²) >= 11 is 0. The Morgan fingerprint density at radius 2 is 0.663 bits per heavy atom. The summed E-state index contributed by atoms with van der Waals surface area (Å²) in [7, 11) is 0. The van der Waals surface area contributed by atoms with Crippen LogP contribution in [0.2, 0.25) is 0 Å². The van der Waals surface area contributed by atoms with Crippen molar-refractivity contribution in [1.82, 2.24) is 31.0 Å². The maximum Gasteiger partial charge on any atom is 0.408 e. The van der Waals surface area contributed by atoms with Crippen LogP contribution in [0.4, 0.5) is 9.59 Å². The van der Waals surface area contributed by atoms with Crippen LogP contribution in [0.25, 0.3) is 22.9 Å². The van der Waals surface area contributed by atoms with Crippen molar-refractivity contribution in [2.45, 2.75) is 117 Å². The SMILES string of the molecule is CCCC[C@H](NC(=O)O[C@@H](Cc1nnc(-c2ccccc2)o1)C(C)C)C(=O)C(C#N)=P(c1ccccc1)(c1ccccc1)c1ccccc1.CCCC[C@H](NC(=O)O[C@H](Cc1nnc(-c2ccccc2)o1)C(C)C)C(=O)C(C#N)=P(c1ccccc1)(c1ccccc1)c1ccccc1. The number of alkyl carbamates (subject to hydrolysis) is 2. The van der Waals surface area contributed by atoms with Gasteiger partial charge in [0.05, 0.1) is 24.9 Å². The van der Waals surface area contributed by atoms with Gasteiger partial charge in [0, 0.05) is 11.1 Å². The van der Waals surface area contributed by atoms with Gasteiger partial charge in [-0.15, -0.1) is 20.4 Å². The van der Waals surface area contributed by atoms with Crippen molar-refractivity contribution in [2.24, 2.45) is 11.8 Å². The molecule has 2 N–H and O–H groups in total. The average molecular weight is 1350 g/mol. The summed E-state index contributed by atoms with van der Waals surface area (Å²) in [6.07, 6.45) is 1.37. The summed E-state index contributed by atoms with van der Waals surface area (Å²) in [5, 5.41) is 49.8. The fourth-order valence-electron chi connectivity index (χ4n) is 11.7. The number of hydrogen-bond acceptors (Lipinski definition) is 14. The molecular weight excluding hydrogens is 1260 g/mol. The van der Waals surface area contributed by atoms with Crippen molar-refractivity contribution in [3.8, 4) is 35.0 Å². The van der Waals surface area contributed by atoms with E-state index in [0.29, 0.717) is 49.2 Å². The third-order valence-corrected chi connectivity index (χ3v) is 25.3. The van der Waals surface area contributed by atoms with Crippen molar-refractivity contribution >= 4 is 79.9 Å². The number of hydrogen-bond donors (Lipinski definition) is 2. The number of carbonyl (C=O) groups is 4. The van der Waals surface area contributed by atoms with Crippen LogP contribution in [0.5, 0.6) is 0 Å². The highest BCUT2D eigenvalue weighted by atomic mass is 31.2. The number of nitrogens with one attached hydrogen (secondary N) is 2. The summed E-state index contributed by atoms with van der Waals surface area (Å²) in [5.74, 6) is 0.447. The van der Waals surface area contributed by atoms with E-state index >= 15 is 0 Å². The summed E-state index contributed by atoms with van der Waals surface area (Å²) < 4.78 is 23.6. The van der Waals surface area contributed by atoms with Gasteiger partial charge in [-0.25, -0.2) is 9.59 Å². The molecule has 0 spiro atoms. The second-order valence-electron chi connectivity index (χ2n) is 24.2. The number of Topliss-reactive ketones (excluding diaryl/α,β-unsaturated/α-hetero) is 2. The fourth-order valence-corrected chi connectivity index (χ4v) is 20.0. The zero-order valence-corrected chi connectivity index (χ0v) is 57.8. The van der Waals surface area contributed by atoms with E-state index < -0.39 is 61.8 Å². The van der Waals surface area contributed by atoms with Gasteiger partial charge < -0.3 is 28.9 Å². The number of carbonyl (C=O) groups excluding carboxylic acids is 4. The minimum absolute atomic E-state index is 0.0864. The highest BCUT2D eigenvalue weighted by molar-refractivity contribution is 7.97. The third-order valence-electron chi connectivity index (χ3n) is 16.9. The van der Waals surface area contributed by atoms with E-state index in [1.807, 2.05) is 284 Å². The molecule has 2 heterocycles. The molecule has 0 aliphatic carbocycles. The van der Waals surface area contributed by atoms with Gasteiger partial charge in [0.25, 0.3) is 0 Å². The molecule has 16 nitrogen and oxygen atoms in total. The average Bonchev–Trinajstić information content (AvgIpc) is 0.848. The molecule has 500 valence electrons. The first-order chi connectivity index (χ1) is 47.8. The minimum atomic E-state index is -2.97. The summed E-state index contributed by atoms with van der Waals surface area (Å²) in [6, 6.07) is 80.1. The molecule has 0 aliphatic rings. The zero-order valence-electron chi connectivity index (χ0n) is 56.1. The Hall–Kier alpha value is -10.5. The number of nitriles is 2. The molecule has 0 aliphatic heterocycles. The number of ether oxygens (including phenoxy) is 2. The second-order valence-corrected chi connectivity index (χ2v) is 30.9. The van der Waals surface area contributed by atoms with Crippen molar-refractivity contribution in [2.75, 3.05) is 0 Å². The van der Waals surface area contributed by atoms with E-state index in [1.165, 1.54) is 0 Å². The van der Waals surface area contributed by atoms with Crippen LogP contribution >= 0.6 is 13.8 Å². The lowest BCUT2D eigenvalue weighted by molar-refractivity contribution is -0.115. The molecule has 0 bridgehead atoms. The molecule has 0 unspecified atom stereocenters. The van der Waals surface area contributed by atoms with Crippen molar-refractivity contribution < 1.29 is 37.5 Å². The number of benzene rings is 8. The van der Waals surface area contributed by atoms with Crippen molar-refractivity contribution in [3.63, 3.8) is 0 Å². The lowest BCUT2D eigenvalue weighted by Gasteiger charge is -2.31. The lowest BCUT2D eigenvalue weighted by atomic mass is 10.0. The van der Waals surface area contributed by atoms with Crippen LogP contribution in [0.3, 0.4) is 0 Å². The maximum atomic E-state index is 14.8. The molecule has 10 rings (SSSR count). The molecule has 0 radical (unpaired) electrons. The Morgan fingerprint density at radius 1 is 0.408 bits per heavy atom. The lowest BCUT2D eigenvalue weighted by Crippen LogP contribution is -2.47. The zero-order chi connectivity index (χ0) is 69.3. The highest BCUT2D eigenvalue weighted by Gasteiger charge is 2.39. The number of nitrogens with zero attached hydrogens (tertiary/aromatic N) is 6. The molecule has 0 fully saturated rings. The Kier molecular flexibility index (Phi) is 26.0. The monoisotopic (exact) mass is 1340 g/mol. The Balaban J connectivity index is 0.000000229. The van der Waals surface area contributed by atoms with Crippen LogP contribution in [-0.4, -0.2) is 79.0 Å². The Bertz CT molecular complexity index is 3920. The molecule has 2 aromatic heterocycles. The largest absolute Gasteiger partial charge is 0.445 e. The van der Waals surface area contributed by atoms with E-state index in [1.54, 1.807) is 0 Å². The van der Waals surface area contributed by atoms with Gasteiger partial charge >= 0.3 is 12.2 Å². The fraction of sp³-hybridized carbons (Fsp3) is 0.250. The van der Waals surface area contributed by atoms with Gasteiger partial charge in [0.2, 0.25) is 23.6 Å². The van der Waals surface area contributed by atoms with Gasteiger partial charge in [-0.2, -0.15) is 10.5 Å². The van der Waals surface area contributed by atoms with E-state index in [9.17, 15) is 29.7 Å². The molecule has 8 aromatic carbocycles. The van der Waals surface area contributed by atoms with E-state index in [0.717, 1.165) is 55.8 Å². The molecular formula is C80H82N8O8P2. The van der Waals surface area contributed by atoms with Gasteiger partial charge in [0.1, 0.15) is 34.9 Å². The van der Waals surface area contributed by atoms with Crippen LogP contribution in [0.15, 0.2) is 251 Å². The summed E-state index contributed by atoms with van der Waals surface area (Å²) in [5.41, 5.74) is 1.59. The molecule has 4 atom stereocenters. The first-order valence-corrected chi connectivity index (χ1v) is 36.8. The molecule has 2 amide bonds. The van der Waals surface area contributed by atoms with Crippen molar-refractivity contribution in [3.05, 3.63) is 254 Å². The maximum absolute atomic E-state index is 14.8. The van der Waals surface area contributed by atoms with Gasteiger partial charge in [-0.05, 0) is 94.5 Å². The van der Waals surface area contributed by atoms with E-state index in [-0.39, 0.29) is 35.3 Å². The smallest absolute Gasteiger partial charge is 0.408 e. The highest BCUT2D eigenvalue weighted by Crippen LogP contribution is 2.48. The Morgan fingerprint density at radius 3 is 0.898 bits per heavy atom. The van der Waals surface area contributed by atoms with Gasteiger partial charge in [0.15, 0.2) is 11.6 Å². The quantitative estimate of drug-likeness (QED) is 0.0434. The Labute approximate surface area is 574 Å². The normalized spacial score (nSPS) is 12.5. The topological polar surface area (TPSA) is 236 Å². The summed E-state index contributed by atoms with van der Waals surface area (Å²) in [6.45, 7) is 5.84. The number of aromatic nitrogens is 4. The van der Waals surface area contributed by atoms with Crippen molar-refractivity contribution in [1.29, 1.82) is 10.5 Å². The number of rotatable bonds is 28. The van der Waals surface area contributed by atoms with Crippen LogP contribution in [0.1, 0.15) is 91.8 Å². The van der Waals surface area contributed by atoms with Gasteiger partial charge in [-0.1, -0.05) is 286 Å². The first kappa shape index (κ1) is 71.8. The standard InChI is InChI=1S/2C40H41N4O4P/c2*1-4-5-26-34(42-40(46)47-35(29(2)3)27-37-43-44-39(48-37)30-18-10-6-11-19-30)38(45)36(28-41)49(31-20-12-7-13-21-31,32-22-14-8-15-23-32)33-24-16-9-17-25-33/h2*6-25,29,34-35H,4-5,26-27H2,1-3H3,(H,42,46)/t34-,35+;34-,35-/m00/s1. The number of ketones is 2. The minimum Gasteiger partial charge on any atom is -0.445 e. The predicted octanol–water partition coefficient (Wildman–Crippen LogP) is 13.7. The number of unbranched alkanes of at least 4 members (excludes halogenated alkanes) is 2. The second kappa shape index (κ2) is 35.5. The van der Waals surface area contributed by atoms with Crippen LogP contribution in [-0.2, 0) is 31.9 Å². The number of amides is 2.